The van der Waals surface area contributed by atoms with E-state index in [1.54, 1.807) is 12.1 Å². The second kappa shape index (κ2) is 8.78. The molecule has 1 heterocycles. The van der Waals surface area contributed by atoms with Crippen molar-refractivity contribution in [2.75, 3.05) is 0 Å². The molecule has 8 heteroatoms. The molecule has 1 aliphatic rings. The Morgan fingerprint density at radius 3 is 2.62 bits per heavy atom. The highest BCUT2D eigenvalue weighted by atomic mass is 35.5. The number of carbonyl (C=O) groups is 1. The third-order valence-electron chi connectivity index (χ3n) is 4.69. The fourth-order valence-corrected chi connectivity index (χ4v) is 4.64. The largest absolute Gasteiger partial charge is 0.352 e. The Morgan fingerprint density at radius 2 is 1.97 bits per heavy atom. The number of nitrogens with one attached hydrogen (secondary N) is 1. The minimum atomic E-state index is -0.403. The van der Waals surface area contributed by atoms with Crippen molar-refractivity contribution in [2.24, 2.45) is 0 Å². The summed E-state index contributed by atoms with van der Waals surface area (Å²) in [6.07, 6.45) is 2.09. The topological polar surface area (TPSA) is 59.8 Å². The van der Waals surface area contributed by atoms with Gasteiger partial charge in [-0.15, -0.1) is 10.2 Å². The Balaban J connectivity index is 1.67. The second-order valence-corrected chi connectivity index (χ2v) is 8.78. The van der Waals surface area contributed by atoms with E-state index in [9.17, 15) is 4.79 Å². The van der Waals surface area contributed by atoms with E-state index in [0.717, 1.165) is 24.0 Å². The van der Waals surface area contributed by atoms with Gasteiger partial charge in [-0.1, -0.05) is 65.3 Å². The van der Waals surface area contributed by atoms with Gasteiger partial charge >= 0.3 is 0 Å². The van der Waals surface area contributed by atoms with Crippen LogP contribution in [-0.2, 0) is 11.3 Å². The summed E-state index contributed by atoms with van der Waals surface area (Å²) < 4.78 is 1.97. The minimum absolute atomic E-state index is 0.000397. The molecule has 1 amide bonds. The quantitative estimate of drug-likeness (QED) is 0.494. The SMILES string of the molecule is CCn1c(S[C@H](C(=O)NC2CC2)c2ccccc2)nnc1-c1ccc(Cl)cc1Cl. The zero-order valence-electron chi connectivity index (χ0n) is 15.8. The van der Waals surface area contributed by atoms with Gasteiger partial charge in [-0.2, -0.15) is 0 Å². The summed E-state index contributed by atoms with van der Waals surface area (Å²) in [5.41, 5.74) is 1.70. The predicted octanol–water partition coefficient (Wildman–Crippen LogP) is 5.38. The van der Waals surface area contributed by atoms with Crippen LogP contribution < -0.4 is 5.32 Å². The van der Waals surface area contributed by atoms with Gasteiger partial charge in [0.05, 0.1) is 5.02 Å². The lowest BCUT2D eigenvalue weighted by Gasteiger charge is -2.17. The molecule has 1 saturated carbocycles. The molecule has 0 saturated heterocycles. The number of aromatic nitrogens is 3. The molecule has 4 rings (SSSR count). The molecule has 1 aromatic heterocycles. The predicted molar refractivity (Wildman–Crippen MR) is 117 cm³/mol. The monoisotopic (exact) mass is 446 g/mol. The van der Waals surface area contributed by atoms with E-state index < -0.39 is 5.25 Å². The van der Waals surface area contributed by atoms with Crippen LogP contribution in [0.2, 0.25) is 10.0 Å². The van der Waals surface area contributed by atoms with Gasteiger partial charge in [0.2, 0.25) is 5.91 Å². The van der Waals surface area contributed by atoms with Crippen LogP contribution in [0.15, 0.2) is 53.7 Å². The molecule has 2 aromatic carbocycles. The molecule has 0 aliphatic heterocycles. The first-order valence-electron chi connectivity index (χ1n) is 9.47. The molecule has 3 aromatic rings. The van der Waals surface area contributed by atoms with Crippen molar-refractivity contribution in [1.29, 1.82) is 0 Å². The van der Waals surface area contributed by atoms with Gasteiger partial charge in [0.1, 0.15) is 5.25 Å². The van der Waals surface area contributed by atoms with E-state index in [0.29, 0.717) is 33.6 Å². The molecule has 5 nitrogen and oxygen atoms in total. The molecule has 0 radical (unpaired) electrons. The van der Waals surface area contributed by atoms with Gasteiger partial charge in [0, 0.05) is 23.2 Å². The van der Waals surface area contributed by atoms with Crippen LogP contribution in [0.4, 0.5) is 0 Å². The first-order valence-corrected chi connectivity index (χ1v) is 11.1. The second-order valence-electron chi connectivity index (χ2n) is 6.87. The number of halogens is 2. The van der Waals surface area contributed by atoms with Gasteiger partial charge in [-0.3, -0.25) is 4.79 Å². The highest BCUT2D eigenvalue weighted by Crippen LogP contribution is 2.38. The normalized spacial score (nSPS) is 14.6. The summed E-state index contributed by atoms with van der Waals surface area (Å²) in [6.45, 7) is 2.66. The summed E-state index contributed by atoms with van der Waals surface area (Å²) in [6, 6.07) is 15.4. The fraction of sp³-hybridized carbons (Fsp3) is 0.286. The standard InChI is InChI=1S/C21H20Cl2N4OS/c1-2-27-19(16-11-8-14(22)12-17(16)23)25-26-21(27)29-18(13-6-4-3-5-7-13)20(28)24-15-9-10-15/h3-8,11-12,15,18H,2,9-10H2,1H3,(H,24,28)/t18-/m0/s1. The van der Waals surface area contributed by atoms with Crippen molar-refractivity contribution >= 4 is 40.9 Å². The first kappa shape index (κ1) is 20.3. The Bertz CT molecular complexity index is 1020. The van der Waals surface area contributed by atoms with E-state index in [1.165, 1.54) is 11.8 Å². The summed E-state index contributed by atoms with van der Waals surface area (Å²) in [7, 11) is 0. The van der Waals surface area contributed by atoms with Crippen molar-refractivity contribution in [3.05, 3.63) is 64.1 Å². The molecule has 1 aliphatic carbocycles. The van der Waals surface area contributed by atoms with Gasteiger partial charge in [0.25, 0.3) is 0 Å². The maximum Gasteiger partial charge on any atom is 0.238 e. The zero-order chi connectivity index (χ0) is 20.4. The van der Waals surface area contributed by atoms with E-state index in [1.807, 2.05) is 47.9 Å². The number of benzene rings is 2. The van der Waals surface area contributed by atoms with Crippen LogP contribution in [0, 0.1) is 0 Å². The number of nitrogens with zero attached hydrogens (tertiary/aromatic N) is 3. The lowest BCUT2D eigenvalue weighted by atomic mass is 10.1. The van der Waals surface area contributed by atoms with Crippen molar-refractivity contribution in [3.8, 4) is 11.4 Å². The molecule has 1 N–H and O–H groups in total. The maximum atomic E-state index is 12.9. The Hall–Kier alpha value is -2.02. The van der Waals surface area contributed by atoms with Gasteiger partial charge in [-0.05, 0) is 43.5 Å². The van der Waals surface area contributed by atoms with E-state index >= 15 is 0 Å². The zero-order valence-corrected chi connectivity index (χ0v) is 18.1. The first-order chi connectivity index (χ1) is 14.1. The highest BCUT2D eigenvalue weighted by Gasteiger charge is 2.30. The number of amides is 1. The lowest BCUT2D eigenvalue weighted by Crippen LogP contribution is -2.30. The lowest BCUT2D eigenvalue weighted by molar-refractivity contribution is -0.120. The Kier molecular flexibility index (Phi) is 6.13. The Morgan fingerprint density at radius 1 is 1.21 bits per heavy atom. The van der Waals surface area contributed by atoms with Crippen LogP contribution in [0.25, 0.3) is 11.4 Å². The average molecular weight is 447 g/mol. The van der Waals surface area contributed by atoms with Crippen LogP contribution in [0.3, 0.4) is 0 Å². The Labute approximate surface area is 183 Å². The smallest absolute Gasteiger partial charge is 0.238 e. The fourth-order valence-electron chi connectivity index (χ4n) is 3.04. The number of hydrogen-bond acceptors (Lipinski definition) is 4. The van der Waals surface area contributed by atoms with Crippen LogP contribution >= 0.6 is 35.0 Å². The van der Waals surface area contributed by atoms with E-state index in [4.69, 9.17) is 23.2 Å². The van der Waals surface area contributed by atoms with Crippen LogP contribution in [-0.4, -0.2) is 26.7 Å². The van der Waals surface area contributed by atoms with Gasteiger partial charge < -0.3 is 9.88 Å². The van der Waals surface area contributed by atoms with Crippen LogP contribution in [0.5, 0.6) is 0 Å². The summed E-state index contributed by atoms with van der Waals surface area (Å²) >= 11 is 13.8. The number of thioether (sulfide) groups is 1. The molecule has 1 atom stereocenters. The van der Waals surface area contributed by atoms with Crippen molar-refractivity contribution < 1.29 is 4.79 Å². The van der Waals surface area contributed by atoms with Crippen molar-refractivity contribution in [1.82, 2.24) is 20.1 Å². The van der Waals surface area contributed by atoms with E-state index in [-0.39, 0.29) is 5.91 Å². The molecule has 150 valence electrons. The summed E-state index contributed by atoms with van der Waals surface area (Å²) in [5.74, 6) is 0.659. The highest BCUT2D eigenvalue weighted by molar-refractivity contribution is 8.00. The van der Waals surface area contributed by atoms with E-state index in [2.05, 4.69) is 15.5 Å². The molecule has 29 heavy (non-hydrogen) atoms. The third kappa shape index (κ3) is 4.60. The number of carbonyl (C=O) groups excluding carboxylic acids is 1. The number of rotatable bonds is 7. The molecule has 0 unspecified atom stereocenters. The van der Waals surface area contributed by atoms with Gasteiger partial charge in [0.15, 0.2) is 11.0 Å². The average Bonchev–Trinajstić information content (AvgIpc) is 3.44. The minimum Gasteiger partial charge on any atom is -0.352 e. The summed E-state index contributed by atoms with van der Waals surface area (Å²) in [5, 5.41) is 13.2. The molecule has 0 spiro atoms. The van der Waals surface area contributed by atoms with Crippen molar-refractivity contribution in [2.45, 2.75) is 42.8 Å². The van der Waals surface area contributed by atoms with Gasteiger partial charge in [-0.25, -0.2) is 0 Å². The maximum absolute atomic E-state index is 12.9. The summed E-state index contributed by atoms with van der Waals surface area (Å²) in [4.78, 5) is 12.9. The molecule has 1 fully saturated rings. The number of hydrogen-bond donors (Lipinski definition) is 1. The third-order valence-corrected chi connectivity index (χ3v) is 6.48. The van der Waals surface area contributed by atoms with Crippen molar-refractivity contribution in [3.63, 3.8) is 0 Å². The molecular formula is C21H20Cl2N4OS. The molecule has 0 bridgehead atoms. The van der Waals surface area contributed by atoms with Crippen LogP contribution in [0.1, 0.15) is 30.6 Å². The molecular weight excluding hydrogens is 427 g/mol.